The molecule has 0 aliphatic carbocycles. The first-order chi connectivity index (χ1) is 7.77. The van der Waals surface area contributed by atoms with Gasteiger partial charge >= 0.3 is 0 Å². The topological polar surface area (TPSA) is 216 Å². The summed E-state index contributed by atoms with van der Waals surface area (Å²) in [6.45, 7) is -0.569. The van der Waals surface area contributed by atoms with E-state index in [0.29, 0.717) is 0 Å². The van der Waals surface area contributed by atoms with Crippen molar-refractivity contribution in [2.75, 3.05) is 20.2 Å². The van der Waals surface area contributed by atoms with Crippen LogP contribution in [0.2, 0.25) is 0 Å². The van der Waals surface area contributed by atoms with Crippen molar-refractivity contribution in [2.45, 2.75) is 24.4 Å². The molecule has 0 fully saturated rings. The first kappa shape index (κ1) is 22.1. The fourth-order valence-corrected chi connectivity index (χ4v) is 0.893. The molecule has 0 spiro atoms. The molecule has 0 heterocycles. The lowest BCUT2D eigenvalue weighted by atomic mass is 10.0. The first-order valence-electron chi connectivity index (χ1n) is 4.57. The molecule has 18 heavy (non-hydrogen) atoms. The van der Waals surface area contributed by atoms with Crippen molar-refractivity contribution < 1.29 is 30.6 Å². The molecule has 0 saturated carbocycles. The Balaban J connectivity index is -0.000000392. The fourth-order valence-electron chi connectivity index (χ4n) is 0.893. The predicted molar refractivity (Wildman–Crippen MR) is 61.4 cm³/mol. The zero-order chi connectivity index (χ0) is 14.0. The van der Waals surface area contributed by atoms with Crippen LogP contribution in [0.4, 0.5) is 0 Å². The van der Waals surface area contributed by atoms with Gasteiger partial charge < -0.3 is 52.3 Å². The molecule has 0 radical (unpaired) electrons. The summed E-state index contributed by atoms with van der Waals surface area (Å²) < 4.78 is 0. The molecule has 0 rings (SSSR count). The van der Waals surface area contributed by atoms with E-state index >= 15 is 0 Å². The van der Waals surface area contributed by atoms with Crippen molar-refractivity contribution in [3.63, 3.8) is 0 Å². The maximum Gasteiger partial charge on any atom is 0.111 e. The van der Waals surface area contributed by atoms with Crippen LogP contribution >= 0.6 is 0 Å². The minimum Gasteiger partial charge on any atom is -0.394 e. The van der Waals surface area contributed by atoms with E-state index in [0.717, 1.165) is 0 Å². The normalized spacial score (nSPS) is 16.3. The first-order valence-corrected chi connectivity index (χ1v) is 4.57. The van der Waals surface area contributed by atoms with Gasteiger partial charge in [-0.1, -0.05) is 0 Å². The molecule has 0 aliphatic heterocycles. The fraction of sp³-hybridized carbons (Fsp3) is 1.00. The zero-order valence-corrected chi connectivity index (χ0v) is 10.1. The Morgan fingerprint density at radius 3 is 1.72 bits per heavy atom. The van der Waals surface area contributed by atoms with E-state index in [-0.39, 0.29) is 12.7 Å². The van der Waals surface area contributed by atoms with Crippen molar-refractivity contribution >= 4 is 0 Å². The second kappa shape index (κ2) is 12.4. The highest BCUT2D eigenvalue weighted by Gasteiger charge is 2.29. The zero-order valence-electron chi connectivity index (χ0n) is 10.1. The number of quaternary nitrogens is 1. The largest absolute Gasteiger partial charge is 0.394 e. The molecule has 0 aromatic rings. The number of nitrogens with one attached hydrogen (secondary N) is 1. The minimum atomic E-state index is -1.75. The van der Waals surface area contributed by atoms with Crippen LogP contribution < -0.4 is 11.5 Å². The van der Waals surface area contributed by atoms with E-state index in [2.05, 4.69) is 5.32 Å². The van der Waals surface area contributed by atoms with Crippen LogP contribution in [-0.2, 0) is 0 Å². The molecule has 10 N–H and O–H groups in total. The van der Waals surface area contributed by atoms with E-state index in [1.807, 2.05) is 0 Å². The number of hydrogen-bond acceptors (Lipinski definition) is 9. The predicted octanol–water partition coefficient (Wildman–Crippen LogP) is -3.22. The van der Waals surface area contributed by atoms with Crippen LogP contribution in [0.1, 0.15) is 0 Å². The van der Waals surface area contributed by atoms with Gasteiger partial charge in [0.25, 0.3) is 0 Å². The van der Waals surface area contributed by atoms with E-state index in [9.17, 15) is 5.11 Å². The Kier molecular flexibility index (Phi) is 15.2. The van der Waals surface area contributed by atoms with Gasteiger partial charge in [0.05, 0.1) is 17.8 Å². The maximum atomic E-state index is 9.21. The number of nitrogens with zero attached hydrogens (tertiary/aromatic N) is 1. The number of aliphatic hydroxyl groups excluding tert-OH is 5. The third kappa shape index (κ3) is 11.4. The van der Waals surface area contributed by atoms with Gasteiger partial charge in [0, 0.05) is 6.54 Å². The van der Waals surface area contributed by atoms with Crippen molar-refractivity contribution in [3.8, 4) is 0 Å². The van der Waals surface area contributed by atoms with Crippen molar-refractivity contribution in [2.24, 2.45) is 0 Å². The van der Waals surface area contributed by atoms with Crippen molar-refractivity contribution in [1.29, 1.82) is 0 Å². The lowest BCUT2D eigenvalue weighted by molar-refractivity contribution is -0.402. The lowest BCUT2D eigenvalue weighted by Crippen LogP contribution is -2.48. The molecule has 112 valence electrons. The van der Waals surface area contributed by atoms with Gasteiger partial charge in [0.2, 0.25) is 0 Å². The molecule has 0 saturated heterocycles. The maximum absolute atomic E-state index is 9.21. The molecule has 0 bridgehead atoms. The SMILES string of the molecule is CNC[C@H](O)[C@@H](O)[C@H](O)[C@H](O)CO.O=[N+]([O-])[O-].[NH4+]. The Morgan fingerprint density at radius 2 is 1.44 bits per heavy atom. The highest BCUT2D eigenvalue weighted by molar-refractivity contribution is 4.81. The number of likely N-dealkylation sites (N-methyl/N-ethyl adjacent to an activating group) is 1. The Morgan fingerprint density at radius 1 is 1.11 bits per heavy atom. The summed E-state index contributed by atoms with van der Waals surface area (Å²) in [6.07, 6.45) is -5.65. The summed E-state index contributed by atoms with van der Waals surface area (Å²) in [6, 6.07) is 0. The Labute approximate surface area is 103 Å². The Bertz CT molecular complexity index is 203. The van der Waals surface area contributed by atoms with Crippen LogP contribution in [-0.4, -0.2) is 75.2 Å². The number of rotatable bonds is 6. The highest BCUT2D eigenvalue weighted by Crippen LogP contribution is 2.04. The Hall–Kier alpha value is -1.08. The van der Waals surface area contributed by atoms with E-state index in [1.165, 1.54) is 0 Å². The molecule has 0 aliphatic rings. The summed E-state index contributed by atoms with van der Waals surface area (Å²) in [5, 5.41) is 62.2. The smallest absolute Gasteiger partial charge is 0.111 e. The molecule has 11 nitrogen and oxygen atoms in total. The number of hydrogen-bond donors (Lipinski definition) is 7. The van der Waals surface area contributed by atoms with Crippen LogP contribution in [0.25, 0.3) is 0 Å². The summed E-state index contributed by atoms with van der Waals surface area (Å²) in [5.41, 5.74) is 0. The van der Waals surface area contributed by atoms with Crippen LogP contribution in [0.15, 0.2) is 0 Å². The highest BCUT2D eigenvalue weighted by atomic mass is 16.9. The monoisotopic (exact) mass is 275 g/mol. The molecule has 0 aromatic carbocycles. The third-order valence-electron chi connectivity index (χ3n) is 1.74. The molecule has 11 heteroatoms. The van der Waals surface area contributed by atoms with Gasteiger partial charge in [0.1, 0.15) is 18.3 Å². The van der Waals surface area contributed by atoms with Crippen LogP contribution in [0.3, 0.4) is 0 Å². The van der Waals surface area contributed by atoms with E-state index in [4.69, 9.17) is 35.7 Å². The van der Waals surface area contributed by atoms with Crippen molar-refractivity contribution in [3.05, 3.63) is 15.3 Å². The summed E-state index contributed by atoms with van der Waals surface area (Å²) in [7, 11) is 1.57. The molecule has 4 atom stereocenters. The summed E-state index contributed by atoms with van der Waals surface area (Å²) in [4.78, 5) is 8.25. The van der Waals surface area contributed by atoms with Gasteiger partial charge in [-0.05, 0) is 7.05 Å². The van der Waals surface area contributed by atoms with Gasteiger partial charge in [-0.3, -0.25) is 0 Å². The van der Waals surface area contributed by atoms with Gasteiger partial charge in [0.15, 0.2) is 0 Å². The quantitative estimate of drug-likeness (QED) is 0.191. The average molecular weight is 275 g/mol. The summed E-state index contributed by atoms with van der Waals surface area (Å²) >= 11 is 0. The standard InChI is InChI=1S/C7H17NO5.NO3.H3N/c1-8-2-4(10)6(12)7(13)5(11)3-9;2-1(3)4;/h4-13H,2-3H2,1H3;;1H3/q;-1;/p+1/t4-,5+,6+,7+;;/m0../s1. The molecule has 0 aromatic heterocycles. The second-order valence-corrected chi connectivity index (χ2v) is 3.08. The molecule has 0 amide bonds. The third-order valence-corrected chi connectivity index (χ3v) is 1.74. The van der Waals surface area contributed by atoms with E-state index in [1.54, 1.807) is 7.05 Å². The van der Waals surface area contributed by atoms with E-state index < -0.39 is 36.1 Å². The summed E-state index contributed by atoms with van der Waals surface area (Å²) in [5.74, 6) is 0. The van der Waals surface area contributed by atoms with Gasteiger partial charge in [-0.25, -0.2) is 0 Å². The molecular formula is C7H21N3O8. The van der Waals surface area contributed by atoms with Gasteiger partial charge in [-0.15, -0.1) is 0 Å². The number of aliphatic hydroxyl groups is 5. The minimum absolute atomic E-state index is 0. The lowest BCUT2D eigenvalue weighted by Gasteiger charge is -2.25. The van der Waals surface area contributed by atoms with Crippen LogP contribution in [0, 0.1) is 15.3 Å². The van der Waals surface area contributed by atoms with Crippen LogP contribution in [0.5, 0.6) is 0 Å². The second-order valence-electron chi connectivity index (χ2n) is 3.08. The molecular weight excluding hydrogens is 254 g/mol. The van der Waals surface area contributed by atoms with Crippen molar-refractivity contribution in [1.82, 2.24) is 11.5 Å². The van der Waals surface area contributed by atoms with Gasteiger partial charge in [-0.2, -0.15) is 0 Å². The molecule has 0 unspecified atom stereocenters. The average Bonchev–Trinajstić information content (AvgIpc) is 2.25.